The van der Waals surface area contributed by atoms with Gasteiger partial charge in [-0.1, -0.05) is 0 Å². The van der Waals surface area contributed by atoms with Crippen molar-refractivity contribution in [1.29, 1.82) is 0 Å². The third kappa shape index (κ3) is 4.04. The monoisotopic (exact) mass is 529 g/mol. The lowest BCUT2D eigenvalue weighted by molar-refractivity contribution is -0.135. The fourth-order valence-corrected chi connectivity index (χ4v) is 3.24. The van der Waals surface area contributed by atoms with Gasteiger partial charge in [-0.2, -0.15) is 5.01 Å². The Kier molecular flexibility index (Phi) is 5.56. The van der Waals surface area contributed by atoms with Crippen LogP contribution in [0.4, 0.5) is 0 Å². The molecule has 1 aliphatic rings. The molecule has 1 aliphatic heterocycles. The van der Waals surface area contributed by atoms with Gasteiger partial charge in [0.2, 0.25) is 18.0 Å². The normalized spacial score (nSPS) is 16.1. The molecule has 1 amide bonds. The Bertz CT molecular complexity index is 919. The van der Waals surface area contributed by atoms with Gasteiger partial charge in [-0.15, -0.1) is 5.10 Å². The van der Waals surface area contributed by atoms with E-state index in [4.69, 9.17) is 9.47 Å². The summed E-state index contributed by atoms with van der Waals surface area (Å²) in [6.45, 7) is 2.72. The Morgan fingerprint density at radius 3 is 2.69 bits per heavy atom. The molecular weight excluding hydrogens is 517 g/mol. The number of aromatic nitrogens is 1. The molecule has 0 radical (unpaired) electrons. The van der Waals surface area contributed by atoms with Crippen molar-refractivity contribution >= 4 is 56.3 Å². The summed E-state index contributed by atoms with van der Waals surface area (Å²) in [7, 11) is 0. The molecule has 0 unspecified atom stereocenters. The van der Waals surface area contributed by atoms with Gasteiger partial charge in [0.25, 0.3) is 0 Å². The summed E-state index contributed by atoms with van der Waals surface area (Å²) in [6, 6.07) is 7.04. The van der Waals surface area contributed by atoms with Crippen LogP contribution in [-0.2, 0) is 14.3 Å². The van der Waals surface area contributed by atoms with Crippen LogP contribution in [-0.4, -0.2) is 27.8 Å². The second kappa shape index (κ2) is 7.70. The van der Waals surface area contributed by atoms with E-state index in [2.05, 4.69) is 48.6 Å². The van der Waals surface area contributed by atoms with Crippen molar-refractivity contribution in [1.82, 2.24) is 9.99 Å². The minimum absolute atomic E-state index is 0.194. The number of carbonyl (C=O) groups excluding carboxylic acids is 2. The first kappa shape index (κ1) is 18.8. The summed E-state index contributed by atoms with van der Waals surface area (Å²) in [6.07, 6.45) is 2.48. The highest BCUT2D eigenvalue weighted by Crippen LogP contribution is 2.33. The second-order valence-electron chi connectivity index (χ2n) is 5.41. The van der Waals surface area contributed by atoms with E-state index in [0.29, 0.717) is 16.9 Å². The number of hydrogen-bond acceptors (Lipinski definition) is 6. The summed E-state index contributed by atoms with van der Waals surface area (Å²) in [5.74, 6) is -0.236. The van der Waals surface area contributed by atoms with E-state index in [-0.39, 0.29) is 11.8 Å². The van der Waals surface area contributed by atoms with E-state index >= 15 is 0 Å². The maximum atomic E-state index is 12.0. The number of amides is 1. The average molecular weight is 530 g/mol. The zero-order valence-electron chi connectivity index (χ0n) is 13.8. The molecule has 2 aromatic rings. The lowest BCUT2D eigenvalue weighted by atomic mass is 10.2. The van der Waals surface area contributed by atoms with Gasteiger partial charge >= 0.3 is 5.97 Å². The number of carbonyl (C=O) groups is 2. The lowest BCUT2D eigenvalue weighted by Gasteiger charge is -2.19. The Hall–Kier alpha value is -2.01. The predicted octanol–water partition coefficient (Wildman–Crippen LogP) is 3.61. The molecule has 1 aromatic heterocycles. The van der Waals surface area contributed by atoms with Crippen LogP contribution in [0.5, 0.6) is 5.75 Å². The SMILES string of the molecule is CC(=O)Oc1ccc(I)cc1C1=NN(C(C)=O)[C@H](c2cncc(Br)c2)O1. The van der Waals surface area contributed by atoms with Gasteiger partial charge in [-0.25, -0.2) is 0 Å². The lowest BCUT2D eigenvalue weighted by Crippen LogP contribution is -2.25. The highest BCUT2D eigenvalue weighted by Gasteiger charge is 2.34. The van der Waals surface area contributed by atoms with Crippen molar-refractivity contribution in [3.63, 3.8) is 0 Å². The van der Waals surface area contributed by atoms with E-state index in [0.717, 1.165) is 8.04 Å². The highest BCUT2D eigenvalue weighted by atomic mass is 127. The minimum Gasteiger partial charge on any atom is -0.446 e. The largest absolute Gasteiger partial charge is 0.446 e. The first-order valence-corrected chi connectivity index (χ1v) is 9.36. The van der Waals surface area contributed by atoms with Crippen molar-refractivity contribution < 1.29 is 19.1 Å². The molecule has 1 aromatic carbocycles. The molecule has 0 fully saturated rings. The Balaban J connectivity index is 2.02. The smallest absolute Gasteiger partial charge is 0.308 e. The molecular formula is C17H13BrIN3O4. The zero-order chi connectivity index (χ0) is 18.8. The van der Waals surface area contributed by atoms with Gasteiger partial charge in [0.05, 0.1) is 5.56 Å². The summed E-state index contributed by atoms with van der Waals surface area (Å²) in [4.78, 5) is 27.5. The molecule has 0 spiro atoms. The third-order valence-electron chi connectivity index (χ3n) is 3.40. The van der Waals surface area contributed by atoms with Crippen LogP contribution in [0.3, 0.4) is 0 Å². The summed E-state index contributed by atoms with van der Waals surface area (Å²) >= 11 is 5.49. The van der Waals surface area contributed by atoms with Crippen LogP contribution in [0.2, 0.25) is 0 Å². The van der Waals surface area contributed by atoms with Gasteiger partial charge in [0.15, 0.2) is 0 Å². The number of ether oxygens (including phenoxy) is 2. The number of pyridine rings is 1. The fraction of sp³-hybridized carbons (Fsp3) is 0.176. The second-order valence-corrected chi connectivity index (χ2v) is 7.57. The first-order chi connectivity index (χ1) is 12.3. The first-order valence-electron chi connectivity index (χ1n) is 7.49. The predicted molar refractivity (Wildman–Crippen MR) is 105 cm³/mol. The van der Waals surface area contributed by atoms with Crippen LogP contribution in [0.1, 0.15) is 31.2 Å². The van der Waals surface area contributed by atoms with E-state index in [1.807, 2.05) is 0 Å². The molecule has 0 saturated heterocycles. The van der Waals surface area contributed by atoms with Crippen LogP contribution in [0.25, 0.3) is 0 Å². The molecule has 0 N–H and O–H groups in total. The summed E-state index contributed by atoms with van der Waals surface area (Å²) < 4.78 is 12.8. The third-order valence-corrected chi connectivity index (χ3v) is 4.51. The van der Waals surface area contributed by atoms with Gasteiger partial charge in [-0.05, 0) is 62.8 Å². The van der Waals surface area contributed by atoms with Gasteiger partial charge < -0.3 is 9.47 Å². The Morgan fingerprint density at radius 1 is 1.27 bits per heavy atom. The number of nitrogens with zero attached hydrogens (tertiary/aromatic N) is 3. The molecule has 0 aliphatic carbocycles. The maximum Gasteiger partial charge on any atom is 0.308 e. The van der Waals surface area contributed by atoms with Gasteiger partial charge in [-0.3, -0.25) is 14.6 Å². The molecule has 26 heavy (non-hydrogen) atoms. The molecule has 9 heteroatoms. The van der Waals surface area contributed by atoms with Crippen molar-refractivity contribution in [2.24, 2.45) is 5.10 Å². The number of halogens is 2. The number of esters is 1. The van der Waals surface area contributed by atoms with Gasteiger partial charge in [0, 0.05) is 39.8 Å². The van der Waals surface area contributed by atoms with E-state index in [1.54, 1.807) is 36.7 Å². The minimum atomic E-state index is -0.754. The Labute approximate surface area is 171 Å². The van der Waals surface area contributed by atoms with Crippen molar-refractivity contribution in [2.75, 3.05) is 0 Å². The molecule has 134 valence electrons. The number of hydrazone groups is 1. The Morgan fingerprint density at radius 2 is 2.04 bits per heavy atom. The van der Waals surface area contributed by atoms with E-state index < -0.39 is 12.2 Å². The molecule has 2 heterocycles. The van der Waals surface area contributed by atoms with E-state index in [9.17, 15) is 9.59 Å². The van der Waals surface area contributed by atoms with Crippen molar-refractivity contribution in [2.45, 2.75) is 20.1 Å². The summed E-state index contributed by atoms with van der Waals surface area (Å²) in [5.41, 5.74) is 1.15. The van der Waals surface area contributed by atoms with Crippen LogP contribution in [0, 0.1) is 3.57 Å². The topological polar surface area (TPSA) is 81.1 Å². The highest BCUT2D eigenvalue weighted by molar-refractivity contribution is 14.1. The molecule has 7 nitrogen and oxygen atoms in total. The van der Waals surface area contributed by atoms with Crippen molar-refractivity contribution in [3.05, 3.63) is 55.8 Å². The van der Waals surface area contributed by atoms with Crippen LogP contribution >= 0.6 is 38.5 Å². The zero-order valence-corrected chi connectivity index (χ0v) is 17.5. The molecule has 3 rings (SSSR count). The van der Waals surface area contributed by atoms with Crippen molar-refractivity contribution in [3.8, 4) is 5.75 Å². The molecule has 0 bridgehead atoms. The molecule has 0 saturated carbocycles. The maximum absolute atomic E-state index is 12.0. The van der Waals surface area contributed by atoms with Crippen LogP contribution < -0.4 is 4.74 Å². The fourth-order valence-electron chi connectivity index (χ4n) is 2.37. The molecule has 1 atom stereocenters. The number of hydrogen-bond donors (Lipinski definition) is 0. The van der Waals surface area contributed by atoms with Crippen LogP contribution in [0.15, 0.2) is 46.2 Å². The van der Waals surface area contributed by atoms with E-state index in [1.165, 1.54) is 18.9 Å². The summed E-state index contributed by atoms with van der Waals surface area (Å²) in [5, 5.41) is 5.53. The average Bonchev–Trinajstić information content (AvgIpc) is 3.01. The quantitative estimate of drug-likeness (QED) is 0.345. The van der Waals surface area contributed by atoms with Gasteiger partial charge in [0.1, 0.15) is 5.75 Å². The number of benzene rings is 1. The standard InChI is InChI=1S/C17H13BrIN3O4/c1-9(23)22-17(11-5-12(18)8-20-7-11)26-16(21-22)14-6-13(19)3-4-15(14)25-10(2)24/h3-8,17H,1-2H3/t17-/m0/s1. The number of rotatable bonds is 3.